The Labute approximate surface area is 135 Å². The van der Waals surface area contributed by atoms with E-state index in [0.717, 1.165) is 38.5 Å². The summed E-state index contributed by atoms with van der Waals surface area (Å²) >= 11 is 0. The van der Waals surface area contributed by atoms with Gasteiger partial charge in [-0.1, -0.05) is 33.8 Å². The summed E-state index contributed by atoms with van der Waals surface area (Å²) in [5.41, 5.74) is -0.627. The topological polar surface area (TPSA) is 37.3 Å². The first-order chi connectivity index (χ1) is 10.1. The average molecular weight is 304 g/mol. The van der Waals surface area contributed by atoms with Crippen LogP contribution in [0.2, 0.25) is 0 Å². The third-order valence-electron chi connectivity index (χ3n) is 7.79. The van der Waals surface area contributed by atoms with Gasteiger partial charge in [0.2, 0.25) is 0 Å². The third-order valence-corrected chi connectivity index (χ3v) is 7.79. The van der Waals surface area contributed by atoms with Gasteiger partial charge in [0.1, 0.15) is 5.78 Å². The van der Waals surface area contributed by atoms with E-state index in [2.05, 4.69) is 34.3 Å². The maximum Gasteiger partial charge on any atom is 0.138 e. The van der Waals surface area contributed by atoms with E-state index in [4.69, 9.17) is 0 Å². The molecule has 2 heteroatoms. The minimum atomic E-state index is -0.567. The molecule has 3 aliphatic rings. The zero-order valence-electron chi connectivity index (χ0n) is 14.7. The summed E-state index contributed by atoms with van der Waals surface area (Å²) in [4.78, 5) is 12.4. The molecular formula is C20H32O2. The predicted octanol–water partition coefficient (Wildman–Crippen LogP) is 4.52. The fraction of sp³-hybridized carbons (Fsp3) is 0.850. The second kappa shape index (κ2) is 4.69. The second-order valence-corrected chi connectivity index (χ2v) is 9.47. The van der Waals surface area contributed by atoms with Gasteiger partial charge in [-0.25, -0.2) is 0 Å². The minimum Gasteiger partial charge on any atom is -0.390 e. The predicted molar refractivity (Wildman–Crippen MR) is 89.4 cm³/mol. The number of hydrogen-bond donors (Lipinski definition) is 1. The Morgan fingerprint density at radius 2 is 1.73 bits per heavy atom. The molecule has 0 aromatic rings. The Kier molecular flexibility index (Phi) is 3.46. The molecule has 0 heterocycles. The molecule has 1 N–H and O–H groups in total. The summed E-state index contributed by atoms with van der Waals surface area (Å²) in [7, 11) is 0. The van der Waals surface area contributed by atoms with E-state index in [0.29, 0.717) is 24.0 Å². The number of ketones is 1. The van der Waals surface area contributed by atoms with E-state index in [1.54, 1.807) is 0 Å². The second-order valence-electron chi connectivity index (χ2n) is 9.47. The van der Waals surface area contributed by atoms with Crippen molar-refractivity contribution in [1.29, 1.82) is 0 Å². The van der Waals surface area contributed by atoms with Crippen LogP contribution >= 0.6 is 0 Å². The first-order valence-electron chi connectivity index (χ1n) is 8.97. The lowest BCUT2D eigenvalue weighted by molar-refractivity contribution is -0.202. The molecule has 5 atom stereocenters. The zero-order valence-corrected chi connectivity index (χ0v) is 14.7. The number of carbonyl (C=O) groups is 1. The number of allylic oxidation sites excluding steroid dienone is 1. The molecular weight excluding hydrogens is 272 g/mol. The van der Waals surface area contributed by atoms with Gasteiger partial charge in [-0.05, 0) is 61.2 Å². The molecule has 0 amide bonds. The highest BCUT2D eigenvalue weighted by Gasteiger charge is 2.63. The molecule has 3 saturated carbocycles. The van der Waals surface area contributed by atoms with Gasteiger partial charge in [-0.15, -0.1) is 6.58 Å². The summed E-state index contributed by atoms with van der Waals surface area (Å²) in [5.74, 6) is 1.17. The molecule has 0 unspecified atom stereocenters. The molecule has 3 fully saturated rings. The SMILES string of the molecule is C=C[C@]1(C)CC[C@H]2[C@@](O)(CC[C@H]3C(C)(C)C(=O)CC[C@@]32C)C1. The van der Waals surface area contributed by atoms with Crippen LogP contribution in [-0.2, 0) is 4.79 Å². The van der Waals surface area contributed by atoms with Crippen molar-refractivity contribution in [3.63, 3.8) is 0 Å². The number of fused-ring (bicyclic) bond motifs is 3. The molecule has 0 saturated heterocycles. The van der Waals surface area contributed by atoms with Crippen molar-refractivity contribution in [1.82, 2.24) is 0 Å². The van der Waals surface area contributed by atoms with Crippen molar-refractivity contribution in [2.75, 3.05) is 0 Å². The van der Waals surface area contributed by atoms with Gasteiger partial charge in [0, 0.05) is 11.8 Å². The number of hydrogen-bond acceptors (Lipinski definition) is 2. The van der Waals surface area contributed by atoms with Crippen molar-refractivity contribution >= 4 is 5.78 Å². The quantitative estimate of drug-likeness (QED) is 0.723. The number of Topliss-reactive ketones (excluding diaryl/α,β-unsaturated/α-hetero) is 1. The van der Waals surface area contributed by atoms with Crippen LogP contribution < -0.4 is 0 Å². The van der Waals surface area contributed by atoms with E-state index in [1.807, 2.05) is 6.08 Å². The summed E-state index contributed by atoms with van der Waals surface area (Å²) in [6.07, 6.45) is 8.53. The van der Waals surface area contributed by atoms with Gasteiger partial charge in [0.15, 0.2) is 0 Å². The van der Waals surface area contributed by atoms with Crippen LogP contribution in [0.4, 0.5) is 0 Å². The molecule has 0 bridgehead atoms. The van der Waals surface area contributed by atoms with Gasteiger partial charge in [-0.3, -0.25) is 4.79 Å². The standard InChI is InChI=1S/C20H32O2/c1-6-18(4)10-7-15-19(5)11-9-16(21)17(2,3)14(19)8-12-20(15,22)13-18/h6,14-15,22H,1,7-13H2,2-5H3/t14-,15+,18+,19-,20+/m0/s1. The summed E-state index contributed by atoms with van der Waals surface area (Å²) < 4.78 is 0. The normalized spacial score (nSPS) is 50.9. The van der Waals surface area contributed by atoms with Gasteiger partial charge in [0.05, 0.1) is 5.60 Å². The fourth-order valence-electron chi connectivity index (χ4n) is 6.43. The molecule has 0 spiro atoms. The fourth-order valence-corrected chi connectivity index (χ4v) is 6.43. The van der Waals surface area contributed by atoms with Crippen LogP contribution in [0.1, 0.15) is 72.6 Å². The van der Waals surface area contributed by atoms with Crippen LogP contribution in [0.3, 0.4) is 0 Å². The third kappa shape index (κ3) is 2.06. The minimum absolute atomic E-state index is 0.0639. The maximum absolute atomic E-state index is 12.4. The molecule has 2 nitrogen and oxygen atoms in total. The number of aliphatic hydroxyl groups is 1. The van der Waals surface area contributed by atoms with Crippen LogP contribution in [0.25, 0.3) is 0 Å². The molecule has 3 aliphatic carbocycles. The van der Waals surface area contributed by atoms with Gasteiger partial charge in [-0.2, -0.15) is 0 Å². The number of carbonyl (C=O) groups excluding carboxylic acids is 1. The Balaban J connectivity index is 1.97. The highest BCUT2D eigenvalue weighted by Crippen LogP contribution is 2.65. The molecule has 0 aliphatic heterocycles. The van der Waals surface area contributed by atoms with Crippen LogP contribution in [0.15, 0.2) is 12.7 Å². The maximum atomic E-state index is 12.4. The number of rotatable bonds is 1. The highest BCUT2D eigenvalue weighted by atomic mass is 16.3. The van der Waals surface area contributed by atoms with E-state index in [-0.39, 0.29) is 16.2 Å². The summed E-state index contributed by atoms with van der Waals surface area (Å²) in [5, 5.41) is 11.5. The smallest absolute Gasteiger partial charge is 0.138 e. The monoisotopic (exact) mass is 304 g/mol. The molecule has 3 rings (SSSR count). The van der Waals surface area contributed by atoms with E-state index in [1.165, 1.54) is 0 Å². The molecule has 0 aromatic carbocycles. The molecule has 0 radical (unpaired) electrons. The van der Waals surface area contributed by atoms with Crippen molar-refractivity contribution in [3.05, 3.63) is 12.7 Å². The lowest BCUT2D eigenvalue weighted by Crippen LogP contribution is -2.62. The first kappa shape index (κ1) is 16.2. The van der Waals surface area contributed by atoms with Gasteiger partial charge < -0.3 is 5.11 Å². The molecule has 22 heavy (non-hydrogen) atoms. The van der Waals surface area contributed by atoms with Crippen LogP contribution in [0, 0.1) is 28.1 Å². The van der Waals surface area contributed by atoms with E-state index < -0.39 is 5.60 Å². The van der Waals surface area contributed by atoms with E-state index in [9.17, 15) is 9.90 Å². The molecule has 0 aromatic heterocycles. The van der Waals surface area contributed by atoms with Gasteiger partial charge >= 0.3 is 0 Å². The zero-order chi connectivity index (χ0) is 16.4. The Bertz CT molecular complexity index is 508. The lowest BCUT2D eigenvalue weighted by atomic mass is 9.42. The Morgan fingerprint density at radius 3 is 2.36 bits per heavy atom. The van der Waals surface area contributed by atoms with Crippen LogP contribution in [-0.4, -0.2) is 16.5 Å². The van der Waals surface area contributed by atoms with Crippen molar-refractivity contribution in [2.24, 2.45) is 28.1 Å². The van der Waals surface area contributed by atoms with Crippen LogP contribution in [0.5, 0.6) is 0 Å². The summed E-state index contributed by atoms with van der Waals surface area (Å²) in [6.45, 7) is 12.9. The molecule has 124 valence electrons. The van der Waals surface area contributed by atoms with Crippen molar-refractivity contribution < 1.29 is 9.90 Å². The van der Waals surface area contributed by atoms with Crippen molar-refractivity contribution in [2.45, 2.75) is 78.2 Å². The van der Waals surface area contributed by atoms with Crippen molar-refractivity contribution in [3.8, 4) is 0 Å². The van der Waals surface area contributed by atoms with E-state index >= 15 is 0 Å². The summed E-state index contributed by atoms with van der Waals surface area (Å²) in [6, 6.07) is 0. The van der Waals surface area contributed by atoms with Gasteiger partial charge in [0.25, 0.3) is 0 Å². The first-order valence-corrected chi connectivity index (χ1v) is 8.97. The Morgan fingerprint density at radius 1 is 1.09 bits per heavy atom. The average Bonchev–Trinajstić information content (AvgIpc) is 2.42. The lowest BCUT2D eigenvalue weighted by Gasteiger charge is -2.64. The highest BCUT2D eigenvalue weighted by molar-refractivity contribution is 5.85. The largest absolute Gasteiger partial charge is 0.390 e. The Hall–Kier alpha value is -0.630.